The van der Waals surface area contributed by atoms with Crippen molar-refractivity contribution in [2.75, 3.05) is 29.4 Å². The maximum absolute atomic E-state index is 12.8. The molecular weight excluding hydrogens is 300 g/mol. The van der Waals surface area contributed by atoms with Gasteiger partial charge in [0.15, 0.2) is 0 Å². The highest BCUT2D eigenvalue weighted by molar-refractivity contribution is 6.05. The number of piperidine rings is 1. The van der Waals surface area contributed by atoms with Gasteiger partial charge >= 0.3 is 0 Å². The molecular formula is C19H22N4O. The molecule has 2 aliphatic rings. The Hall–Kier alpha value is -2.43. The van der Waals surface area contributed by atoms with Crippen molar-refractivity contribution >= 4 is 17.4 Å². The van der Waals surface area contributed by atoms with Crippen molar-refractivity contribution in [1.82, 2.24) is 9.97 Å². The van der Waals surface area contributed by atoms with Crippen LogP contribution in [-0.4, -0.2) is 35.5 Å². The average molecular weight is 322 g/mol. The zero-order chi connectivity index (χ0) is 16.5. The molecule has 0 bridgehead atoms. The van der Waals surface area contributed by atoms with E-state index in [1.165, 1.54) is 18.4 Å². The Balaban J connectivity index is 1.52. The third-order valence-corrected chi connectivity index (χ3v) is 4.97. The van der Waals surface area contributed by atoms with E-state index in [1.807, 2.05) is 23.1 Å². The number of aromatic nitrogens is 2. The first-order chi connectivity index (χ1) is 11.7. The van der Waals surface area contributed by atoms with Gasteiger partial charge in [0.2, 0.25) is 0 Å². The molecule has 1 fully saturated rings. The molecule has 124 valence electrons. The minimum absolute atomic E-state index is 0.0639. The smallest absolute Gasteiger partial charge is 0.278 e. The van der Waals surface area contributed by atoms with Gasteiger partial charge in [-0.25, -0.2) is 9.97 Å². The highest BCUT2D eigenvalue weighted by atomic mass is 16.2. The number of nitrogens with zero attached hydrogens (tertiary/aromatic N) is 4. The molecule has 0 N–H and O–H groups in total. The first kappa shape index (κ1) is 15.1. The van der Waals surface area contributed by atoms with Crippen LogP contribution in [0.3, 0.4) is 0 Å². The number of carbonyl (C=O) groups is 1. The molecule has 1 aromatic heterocycles. The molecule has 2 aromatic rings. The van der Waals surface area contributed by atoms with Crippen LogP contribution in [0.5, 0.6) is 0 Å². The molecule has 1 unspecified atom stereocenters. The fourth-order valence-corrected chi connectivity index (χ4v) is 3.68. The molecule has 24 heavy (non-hydrogen) atoms. The number of anilines is 2. The molecule has 3 heterocycles. The van der Waals surface area contributed by atoms with Crippen molar-refractivity contribution in [3.8, 4) is 0 Å². The maximum atomic E-state index is 12.8. The van der Waals surface area contributed by atoms with Crippen LogP contribution in [0.15, 0.2) is 36.7 Å². The number of fused-ring (bicyclic) bond motifs is 1. The summed E-state index contributed by atoms with van der Waals surface area (Å²) in [5, 5.41) is 0. The van der Waals surface area contributed by atoms with Crippen LogP contribution in [0.1, 0.15) is 35.8 Å². The molecule has 5 nitrogen and oxygen atoms in total. The van der Waals surface area contributed by atoms with Crippen LogP contribution in [0.4, 0.5) is 11.5 Å². The SMILES string of the molecule is CC1CCCN(c2cnc(C(=O)N3CCc4ccccc43)cn2)C1. The van der Waals surface area contributed by atoms with E-state index in [2.05, 4.69) is 27.9 Å². The summed E-state index contributed by atoms with van der Waals surface area (Å²) in [5.41, 5.74) is 2.64. The number of benzene rings is 1. The van der Waals surface area contributed by atoms with Gasteiger partial charge in [0.05, 0.1) is 12.4 Å². The number of amides is 1. The quantitative estimate of drug-likeness (QED) is 0.853. The van der Waals surface area contributed by atoms with Crippen molar-refractivity contribution in [1.29, 1.82) is 0 Å². The second-order valence-electron chi connectivity index (χ2n) is 6.79. The van der Waals surface area contributed by atoms with E-state index in [0.29, 0.717) is 18.2 Å². The molecule has 0 spiro atoms. The fraction of sp³-hybridized carbons (Fsp3) is 0.421. The number of hydrogen-bond acceptors (Lipinski definition) is 4. The van der Waals surface area contributed by atoms with Crippen molar-refractivity contribution in [3.63, 3.8) is 0 Å². The summed E-state index contributed by atoms with van der Waals surface area (Å²) in [7, 11) is 0. The van der Waals surface area contributed by atoms with Crippen molar-refractivity contribution < 1.29 is 4.79 Å². The summed E-state index contributed by atoms with van der Waals surface area (Å²) in [6.45, 7) is 5.01. The van der Waals surface area contributed by atoms with Crippen LogP contribution < -0.4 is 9.80 Å². The lowest BCUT2D eigenvalue weighted by molar-refractivity contribution is 0.0984. The highest BCUT2D eigenvalue weighted by Crippen LogP contribution is 2.28. The van der Waals surface area contributed by atoms with Gasteiger partial charge in [-0.3, -0.25) is 4.79 Å². The number of para-hydroxylation sites is 1. The van der Waals surface area contributed by atoms with E-state index in [4.69, 9.17) is 0 Å². The zero-order valence-corrected chi connectivity index (χ0v) is 14.0. The van der Waals surface area contributed by atoms with Gasteiger partial charge in [-0.15, -0.1) is 0 Å². The molecule has 1 saturated heterocycles. The summed E-state index contributed by atoms with van der Waals surface area (Å²) in [5.74, 6) is 1.49. The van der Waals surface area contributed by atoms with Crippen LogP contribution >= 0.6 is 0 Å². The topological polar surface area (TPSA) is 49.3 Å². The number of carbonyl (C=O) groups excluding carboxylic acids is 1. The van der Waals surface area contributed by atoms with E-state index in [1.54, 1.807) is 12.4 Å². The minimum Gasteiger partial charge on any atom is -0.355 e. The third kappa shape index (κ3) is 2.75. The minimum atomic E-state index is -0.0639. The molecule has 0 radical (unpaired) electrons. The van der Waals surface area contributed by atoms with Crippen LogP contribution in [0.25, 0.3) is 0 Å². The largest absolute Gasteiger partial charge is 0.355 e. The molecule has 4 rings (SSSR count). The summed E-state index contributed by atoms with van der Waals surface area (Å²) < 4.78 is 0. The number of rotatable bonds is 2. The second-order valence-corrected chi connectivity index (χ2v) is 6.79. The Morgan fingerprint density at radius 3 is 2.83 bits per heavy atom. The molecule has 1 atom stereocenters. The van der Waals surface area contributed by atoms with Crippen molar-refractivity contribution in [2.24, 2.45) is 5.92 Å². The molecule has 5 heteroatoms. The standard InChI is InChI=1S/C19H22N4O/c1-14-5-4-9-22(13-14)18-12-20-16(11-21-18)19(24)23-10-8-15-6-2-3-7-17(15)23/h2-3,6-7,11-12,14H,4-5,8-10,13H2,1H3. The van der Waals surface area contributed by atoms with Gasteiger partial charge in [-0.2, -0.15) is 0 Å². The first-order valence-corrected chi connectivity index (χ1v) is 8.69. The Bertz CT molecular complexity index is 743. The Morgan fingerprint density at radius 1 is 1.17 bits per heavy atom. The Kier molecular flexibility index (Phi) is 3.92. The first-order valence-electron chi connectivity index (χ1n) is 8.69. The van der Waals surface area contributed by atoms with Crippen molar-refractivity contribution in [3.05, 3.63) is 47.9 Å². The van der Waals surface area contributed by atoms with E-state index in [-0.39, 0.29) is 5.91 Å². The second kappa shape index (κ2) is 6.23. The third-order valence-electron chi connectivity index (χ3n) is 4.97. The Morgan fingerprint density at radius 2 is 2.04 bits per heavy atom. The van der Waals surface area contributed by atoms with Crippen LogP contribution in [0.2, 0.25) is 0 Å². The normalized spacial score (nSPS) is 20.1. The van der Waals surface area contributed by atoms with Crippen LogP contribution in [0, 0.1) is 5.92 Å². The van der Waals surface area contributed by atoms with Gasteiger partial charge in [0, 0.05) is 25.3 Å². The van der Waals surface area contributed by atoms with Gasteiger partial charge < -0.3 is 9.80 Å². The van der Waals surface area contributed by atoms with Crippen molar-refractivity contribution in [2.45, 2.75) is 26.2 Å². The maximum Gasteiger partial charge on any atom is 0.278 e. The zero-order valence-electron chi connectivity index (χ0n) is 14.0. The summed E-state index contributed by atoms with van der Waals surface area (Å²) in [6, 6.07) is 8.06. The Labute approximate surface area is 142 Å². The monoisotopic (exact) mass is 322 g/mol. The van der Waals surface area contributed by atoms with Gasteiger partial charge in [0.25, 0.3) is 5.91 Å². The average Bonchev–Trinajstić information content (AvgIpc) is 3.05. The highest BCUT2D eigenvalue weighted by Gasteiger charge is 2.26. The molecule has 0 saturated carbocycles. The summed E-state index contributed by atoms with van der Waals surface area (Å²) in [6.07, 6.45) is 6.73. The lowest BCUT2D eigenvalue weighted by Crippen LogP contribution is -2.35. The van der Waals surface area contributed by atoms with E-state index >= 15 is 0 Å². The fourth-order valence-electron chi connectivity index (χ4n) is 3.68. The van der Waals surface area contributed by atoms with Crippen LogP contribution in [-0.2, 0) is 6.42 Å². The lowest BCUT2D eigenvalue weighted by Gasteiger charge is -2.31. The van der Waals surface area contributed by atoms with Gasteiger partial charge in [-0.05, 0) is 36.8 Å². The van der Waals surface area contributed by atoms with Gasteiger partial charge in [0.1, 0.15) is 11.5 Å². The van der Waals surface area contributed by atoms with E-state index < -0.39 is 0 Å². The van der Waals surface area contributed by atoms with E-state index in [9.17, 15) is 4.79 Å². The molecule has 1 amide bonds. The predicted octanol–water partition coefficient (Wildman–Crippen LogP) is 2.92. The molecule has 1 aromatic carbocycles. The lowest BCUT2D eigenvalue weighted by atomic mass is 10.0. The molecule has 2 aliphatic heterocycles. The molecule has 0 aliphatic carbocycles. The van der Waals surface area contributed by atoms with Gasteiger partial charge in [-0.1, -0.05) is 25.1 Å². The van der Waals surface area contributed by atoms with E-state index in [0.717, 1.165) is 31.0 Å². The number of hydrogen-bond donors (Lipinski definition) is 0. The summed E-state index contributed by atoms with van der Waals surface area (Å²) >= 11 is 0. The predicted molar refractivity (Wildman–Crippen MR) is 94.5 cm³/mol. The summed E-state index contributed by atoms with van der Waals surface area (Å²) in [4.78, 5) is 25.7.